The maximum absolute atomic E-state index is 13.4. The number of imide groups is 1. The fourth-order valence-electron chi connectivity index (χ4n) is 3.98. The lowest BCUT2D eigenvalue weighted by molar-refractivity contribution is -0.122. The van der Waals surface area contributed by atoms with Crippen molar-refractivity contribution in [1.29, 1.82) is 0 Å². The highest BCUT2D eigenvalue weighted by atomic mass is 32.2. The van der Waals surface area contributed by atoms with Crippen LogP contribution in [-0.4, -0.2) is 22.0 Å². The van der Waals surface area contributed by atoms with Gasteiger partial charge in [-0.2, -0.15) is 0 Å². The number of benzene rings is 2. The first-order chi connectivity index (χ1) is 13.5. The second-order valence-corrected chi connectivity index (χ2v) is 9.17. The third kappa shape index (κ3) is 2.57. The molecule has 0 radical (unpaired) electrons. The van der Waals surface area contributed by atoms with E-state index >= 15 is 0 Å². The van der Waals surface area contributed by atoms with Crippen LogP contribution >= 0.6 is 23.1 Å². The molecule has 0 aliphatic carbocycles. The van der Waals surface area contributed by atoms with Crippen LogP contribution in [0.3, 0.4) is 0 Å². The van der Waals surface area contributed by atoms with Gasteiger partial charge in [0.2, 0.25) is 11.8 Å². The molecule has 5 rings (SSSR count). The molecule has 2 amide bonds. The van der Waals surface area contributed by atoms with E-state index in [1.165, 1.54) is 16.7 Å². The predicted molar refractivity (Wildman–Crippen MR) is 110 cm³/mol. The summed E-state index contributed by atoms with van der Waals surface area (Å²) in [6.07, 6.45) is 0. The van der Waals surface area contributed by atoms with Gasteiger partial charge in [0.25, 0.3) is 0 Å². The molecule has 3 heterocycles. The zero-order valence-corrected chi connectivity index (χ0v) is 16.5. The standard InChI is InChI=1S/C21H16N2O3S2/c1-11-7-9-13(10-8-11)23-19(24)15-14(12-5-3-2-4-6-12)16-18(22-21(26)28-16)27-17(15)20(23)25/h2-10,14-15,17H,1H3,(H,22,26)/t14-,15-,17+/m1/s1. The number of fused-ring (bicyclic) bond motifs is 2. The summed E-state index contributed by atoms with van der Waals surface area (Å²) in [6, 6.07) is 17.1. The molecule has 5 nitrogen and oxygen atoms in total. The molecule has 7 heteroatoms. The lowest BCUT2D eigenvalue weighted by Gasteiger charge is -2.29. The number of aryl methyl sites for hydroxylation is 1. The molecule has 2 aromatic carbocycles. The van der Waals surface area contributed by atoms with Gasteiger partial charge in [0.15, 0.2) is 0 Å². The number of rotatable bonds is 2. The lowest BCUT2D eigenvalue weighted by Crippen LogP contribution is -2.32. The zero-order valence-electron chi connectivity index (χ0n) is 14.9. The number of carbonyl (C=O) groups excluding carboxylic acids is 2. The summed E-state index contributed by atoms with van der Waals surface area (Å²) in [5.41, 5.74) is 2.61. The van der Waals surface area contributed by atoms with Gasteiger partial charge in [-0.25, -0.2) is 4.90 Å². The molecule has 140 valence electrons. The Morgan fingerprint density at radius 2 is 1.64 bits per heavy atom. The molecule has 0 unspecified atom stereocenters. The van der Waals surface area contributed by atoms with Gasteiger partial charge in [0.05, 0.1) is 16.6 Å². The third-order valence-electron chi connectivity index (χ3n) is 5.27. The van der Waals surface area contributed by atoms with E-state index in [1.807, 2.05) is 61.5 Å². The number of carbonyl (C=O) groups is 2. The van der Waals surface area contributed by atoms with E-state index in [2.05, 4.69) is 4.98 Å². The number of hydrogen-bond acceptors (Lipinski definition) is 5. The molecular formula is C21H16N2O3S2. The highest BCUT2D eigenvalue weighted by Gasteiger charge is 2.56. The fraction of sp³-hybridized carbons (Fsp3) is 0.190. The van der Waals surface area contributed by atoms with E-state index in [0.29, 0.717) is 10.7 Å². The van der Waals surface area contributed by atoms with Gasteiger partial charge in [0.1, 0.15) is 5.25 Å². The fourth-order valence-corrected chi connectivity index (χ4v) is 6.50. The van der Waals surface area contributed by atoms with Crippen LogP contribution in [0.4, 0.5) is 5.69 Å². The molecule has 28 heavy (non-hydrogen) atoms. The minimum atomic E-state index is -0.545. The van der Waals surface area contributed by atoms with Crippen LogP contribution in [-0.2, 0) is 9.59 Å². The predicted octanol–water partition coefficient (Wildman–Crippen LogP) is 3.54. The number of amides is 2. The molecule has 0 bridgehead atoms. The average Bonchev–Trinajstić information content (AvgIpc) is 3.18. The number of thiazole rings is 1. The van der Waals surface area contributed by atoms with Crippen LogP contribution in [0.1, 0.15) is 21.9 Å². The highest BCUT2D eigenvalue weighted by Crippen LogP contribution is 2.53. The third-order valence-corrected chi connectivity index (χ3v) is 7.68. The van der Waals surface area contributed by atoms with E-state index < -0.39 is 11.2 Å². The van der Waals surface area contributed by atoms with Crippen molar-refractivity contribution in [2.75, 3.05) is 4.90 Å². The van der Waals surface area contributed by atoms with Crippen molar-refractivity contribution in [1.82, 2.24) is 4.98 Å². The quantitative estimate of drug-likeness (QED) is 0.659. The van der Waals surface area contributed by atoms with E-state index in [1.54, 1.807) is 0 Å². The lowest BCUT2D eigenvalue weighted by atomic mass is 9.83. The van der Waals surface area contributed by atoms with Gasteiger partial charge in [-0.05, 0) is 24.6 Å². The van der Waals surface area contributed by atoms with Crippen LogP contribution in [0.2, 0.25) is 0 Å². The minimum absolute atomic E-state index is 0.159. The first-order valence-electron chi connectivity index (χ1n) is 8.93. The van der Waals surface area contributed by atoms with Gasteiger partial charge < -0.3 is 4.98 Å². The number of hydrogen-bond donors (Lipinski definition) is 1. The molecule has 0 spiro atoms. The maximum Gasteiger partial charge on any atom is 0.305 e. The molecule has 1 aromatic heterocycles. The van der Waals surface area contributed by atoms with Crippen molar-refractivity contribution in [2.45, 2.75) is 23.1 Å². The number of thioether (sulfide) groups is 1. The smallest absolute Gasteiger partial charge is 0.305 e. The molecule has 3 aromatic rings. The Kier molecular flexibility index (Phi) is 4.03. The number of aromatic amines is 1. The van der Waals surface area contributed by atoms with E-state index in [9.17, 15) is 14.4 Å². The van der Waals surface area contributed by atoms with Crippen molar-refractivity contribution in [3.63, 3.8) is 0 Å². The summed E-state index contributed by atoms with van der Waals surface area (Å²) in [6.45, 7) is 1.97. The molecule has 3 atom stereocenters. The summed E-state index contributed by atoms with van der Waals surface area (Å²) in [5, 5.41) is 0.161. The SMILES string of the molecule is Cc1ccc(N2C(=O)[C@@H]3[C@@H](c4ccccc4)c4sc(=O)[nH]c4S[C@@H]3C2=O)cc1. The van der Waals surface area contributed by atoms with Crippen molar-refractivity contribution in [2.24, 2.45) is 5.92 Å². The summed E-state index contributed by atoms with van der Waals surface area (Å²) in [5.74, 6) is -1.26. The molecule has 1 N–H and O–H groups in total. The van der Waals surface area contributed by atoms with Crippen LogP contribution in [0, 0.1) is 12.8 Å². The Morgan fingerprint density at radius 1 is 0.929 bits per heavy atom. The summed E-state index contributed by atoms with van der Waals surface area (Å²) < 4.78 is 0. The van der Waals surface area contributed by atoms with E-state index in [4.69, 9.17) is 0 Å². The summed E-state index contributed by atoms with van der Waals surface area (Å²) in [7, 11) is 0. The molecule has 2 aliphatic heterocycles. The number of H-pyrrole nitrogens is 1. The van der Waals surface area contributed by atoms with Crippen LogP contribution < -0.4 is 9.77 Å². The summed E-state index contributed by atoms with van der Waals surface area (Å²) >= 11 is 2.43. The van der Waals surface area contributed by atoms with Crippen molar-refractivity contribution >= 4 is 40.6 Å². The number of aromatic nitrogens is 1. The summed E-state index contributed by atoms with van der Waals surface area (Å²) in [4.78, 5) is 43.5. The van der Waals surface area contributed by atoms with Crippen LogP contribution in [0.25, 0.3) is 0 Å². The average molecular weight is 409 g/mol. The normalized spacial score (nSPS) is 23.6. The number of nitrogens with zero attached hydrogens (tertiary/aromatic N) is 1. The van der Waals surface area contributed by atoms with Gasteiger partial charge in [-0.3, -0.25) is 14.4 Å². The minimum Gasteiger partial charge on any atom is -0.307 e. The van der Waals surface area contributed by atoms with Gasteiger partial charge in [0, 0.05) is 10.8 Å². The molecule has 1 saturated heterocycles. The molecule has 0 saturated carbocycles. The van der Waals surface area contributed by atoms with Gasteiger partial charge >= 0.3 is 4.87 Å². The Hall–Kier alpha value is -2.64. The van der Waals surface area contributed by atoms with Crippen LogP contribution in [0.15, 0.2) is 64.4 Å². The zero-order chi connectivity index (χ0) is 19.4. The largest absolute Gasteiger partial charge is 0.307 e. The number of anilines is 1. The number of nitrogens with one attached hydrogen (secondary N) is 1. The topological polar surface area (TPSA) is 70.2 Å². The van der Waals surface area contributed by atoms with Gasteiger partial charge in [-0.15, -0.1) is 0 Å². The molecule has 1 fully saturated rings. The van der Waals surface area contributed by atoms with Gasteiger partial charge in [-0.1, -0.05) is 71.1 Å². The Bertz CT molecular complexity index is 1130. The van der Waals surface area contributed by atoms with Crippen LogP contribution in [0.5, 0.6) is 0 Å². The van der Waals surface area contributed by atoms with E-state index in [0.717, 1.165) is 27.3 Å². The van der Waals surface area contributed by atoms with Crippen molar-refractivity contribution in [3.05, 3.63) is 80.3 Å². The maximum atomic E-state index is 13.4. The monoisotopic (exact) mass is 408 g/mol. The van der Waals surface area contributed by atoms with Crippen molar-refractivity contribution in [3.8, 4) is 0 Å². The van der Waals surface area contributed by atoms with E-state index in [-0.39, 0.29) is 22.6 Å². The second-order valence-electron chi connectivity index (χ2n) is 7.01. The first-order valence-corrected chi connectivity index (χ1v) is 10.6. The van der Waals surface area contributed by atoms with Crippen molar-refractivity contribution < 1.29 is 9.59 Å². The molecular weight excluding hydrogens is 392 g/mol. The second kappa shape index (κ2) is 6.46. The Balaban J connectivity index is 1.65. The first kappa shape index (κ1) is 17.5. The Labute approximate surface area is 169 Å². The highest BCUT2D eigenvalue weighted by molar-refractivity contribution is 8.00. The molecule has 2 aliphatic rings. The Morgan fingerprint density at radius 3 is 2.36 bits per heavy atom.